The molecule has 0 aliphatic carbocycles. The lowest BCUT2D eigenvalue weighted by atomic mass is 10.2. The van der Waals surface area contributed by atoms with Crippen LogP contribution in [-0.2, 0) is 0 Å². The number of nitrogens with one attached hydrogen (secondary N) is 1. The molecule has 0 spiro atoms. The van der Waals surface area contributed by atoms with Gasteiger partial charge in [-0.15, -0.1) is 0 Å². The lowest BCUT2D eigenvalue weighted by Gasteiger charge is -2.00. The highest BCUT2D eigenvalue weighted by atomic mass is 19.1. The quantitative estimate of drug-likeness (QED) is 0.675. The fourth-order valence-electron chi connectivity index (χ4n) is 1.65. The number of nitrogens with zero attached hydrogens (tertiary/aromatic N) is 1. The zero-order chi connectivity index (χ0) is 15.1. The Kier molecular flexibility index (Phi) is 4.99. The Hall–Kier alpha value is -2.75. The monoisotopic (exact) mass is 282 g/mol. The standard InChI is InChI=1S/C17H15FN2O/c1-13(10-11-14-6-3-2-4-7-14)19-20-17(21)15-8-5-9-16(18)12-15/h2-12H,1H3,(H,20,21)/b11-10+,19-13-. The van der Waals surface area contributed by atoms with Gasteiger partial charge in [0.05, 0.1) is 5.71 Å². The van der Waals surface area contributed by atoms with Crippen LogP contribution in [0.15, 0.2) is 65.8 Å². The topological polar surface area (TPSA) is 41.5 Å². The zero-order valence-corrected chi connectivity index (χ0v) is 11.6. The van der Waals surface area contributed by atoms with E-state index in [1.807, 2.05) is 36.4 Å². The molecule has 2 aromatic carbocycles. The molecule has 0 aromatic heterocycles. The highest BCUT2D eigenvalue weighted by molar-refractivity contribution is 5.99. The van der Waals surface area contributed by atoms with Gasteiger partial charge in [-0.05, 0) is 36.8 Å². The maximum absolute atomic E-state index is 13.0. The van der Waals surface area contributed by atoms with Crippen LogP contribution in [0.2, 0.25) is 0 Å². The van der Waals surface area contributed by atoms with Gasteiger partial charge in [0, 0.05) is 5.56 Å². The predicted molar refractivity (Wildman–Crippen MR) is 82.5 cm³/mol. The highest BCUT2D eigenvalue weighted by Crippen LogP contribution is 2.03. The minimum absolute atomic E-state index is 0.235. The number of hydrogen-bond donors (Lipinski definition) is 1. The Morgan fingerprint density at radius 2 is 1.90 bits per heavy atom. The molecule has 0 unspecified atom stereocenters. The van der Waals surface area contributed by atoms with Crippen molar-refractivity contribution in [1.82, 2.24) is 5.43 Å². The van der Waals surface area contributed by atoms with Crippen molar-refractivity contribution >= 4 is 17.7 Å². The third-order valence-corrected chi connectivity index (χ3v) is 2.74. The molecule has 0 saturated carbocycles. The second-order valence-electron chi connectivity index (χ2n) is 4.45. The maximum atomic E-state index is 13.0. The third-order valence-electron chi connectivity index (χ3n) is 2.74. The van der Waals surface area contributed by atoms with Crippen LogP contribution in [0, 0.1) is 5.82 Å². The molecule has 0 radical (unpaired) electrons. The lowest BCUT2D eigenvalue weighted by molar-refractivity contribution is 0.0954. The molecule has 2 rings (SSSR count). The summed E-state index contributed by atoms with van der Waals surface area (Å²) in [4.78, 5) is 11.8. The lowest BCUT2D eigenvalue weighted by Crippen LogP contribution is -2.18. The average Bonchev–Trinajstić information content (AvgIpc) is 2.51. The van der Waals surface area contributed by atoms with Gasteiger partial charge >= 0.3 is 0 Å². The summed E-state index contributed by atoms with van der Waals surface area (Å²) < 4.78 is 13.0. The second kappa shape index (κ2) is 7.14. The normalized spacial score (nSPS) is 11.6. The highest BCUT2D eigenvalue weighted by Gasteiger charge is 2.04. The molecule has 0 saturated heterocycles. The van der Waals surface area contributed by atoms with Gasteiger partial charge in [-0.25, -0.2) is 9.82 Å². The number of carbonyl (C=O) groups excluding carboxylic acids is 1. The molecule has 4 heteroatoms. The minimum atomic E-state index is -0.452. The summed E-state index contributed by atoms with van der Waals surface area (Å²) in [6, 6.07) is 15.2. The van der Waals surface area contributed by atoms with Crippen LogP contribution in [0.3, 0.4) is 0 Å². The Labute approximate surface area is 122 Å². The molecule has 21 heavy (non-hydrogen) atoms. The summed E-state index contributed by atoms with van der Waals surface area (Å²) in [6.07, 6.45) is 3.69. The van der Waals surface area contributed by atoms with Gasteiger partial charge in [0.2, 0.25) is 0 Å². The number of carbonyl (C=O) groups is 1. The minimum Gasteiger partial charge on any atom is -0.267 e. The van der Waals surface area contributed by atoms with Gasteiger partial charge in [-0.3, -0.25) is 4.79 Å². The SMILES string of the molecule is CC(/C=C/c1ccccc1)=N/NC(=O)c1cccc(F)c1. The summed E-state index contributed by atoms with van der Waals surface area (Å²) in [5, 5.41) is 3.95. The number of benzene rings is 2. The molecule has 106 valence electrons. The van der Waals surface area contributed by atoms with Gasteiger partial charge in [0.1, 0.15) is 5.82 Å². The van der Waals surface area contributed by atoms with Crippen LogP contribution in [-0.4, -0.2) is 11.6 Å². The largest absolute Gasteiger partial charge is 0.271 e. The zero-order valence-electron chi connectivity index (χ0n) is 11.6. The van der Waals surface area contributed by atoms with Crippen molar-refractivity contribution in [1.29, 1.82) is 0 Å². The molecule has 0 fully saturated rings. The molecule has 1 amide bonds. The Morgan fingerprint density at radius 3 is 2.62 bits per heavy atom. The fourth-order valence-corrected chi connectivity index (χ4v) is 1.65. The van der Waals surface area contributed by atoms with Crippen molar-refractivity contribution in [2.45, 2.75) is 6.92 Å². The van der Waals surface area contributed by atoms with E-state index in [9.17, 15) is 9.18 Å². The van der Waals surface area contributed by atoms with Crippen molar-refractivity contribution in [3.05, 3.63) is 77.6 Å². The van der Waals surface area contributed by atoms with Crippen molar-refractivity contribution in [2.24, 2.45) is 5.10 Å². The van der Waals surface area contributed by atoms with Gasteiger partial charge in [0.15, 0.2) is 0 Å². The fraction of sp³-hybridized carbons (Fsp3) is 0.0588. The molecule has 0 aliphatic heterocycles. The molecule has 0 heterocycles. The van der Waals surface area contributed by atoms with Crippen LogP contribution in [0.1, 0.15) is 22.8 Å². The number of halogens is 1. The smallest absolute Gasteiger partial charge is 0.267 e. The molecule has 2 aromatic rings. The molecular weight excluding hydrogens is 267 g/mol. The third kappa shape index (κ3) is 4.69. The second-order valence-corrected chi connectivity index (χ2v) is 4.45. The van der Waals surface area contributed by atoms with Crippen molar-refractivity contribution < 1.29 is 9.18 Å². The number of rotatable bonds is 4. The number of hydrogen-bond acceptors (Lipinski definition) is 2. The van der Waals surface area contributed by atoms with E-state index in [4.69, 9.17) is 0 Å². The predicted octanol–water partition coefficient (Wildman–Crippen LogP) is 3.64. The molecule has 1 N–H and O–H groups in total. The molecule has 0 aliphatic rings. The van der Waals surface area contributed by atoms with E-state index in [-0.39, 0.29) is 5.56 Å². The summed E-state index contributed by atoms with van der Waals surface area (Å²) in [5.74, 6) is -0.894. The van der Waals surface area contributed by atoms with Crippen LogP contribution < -0.4 is 5.43 Å². The Morgan fingerprint density at radius 1 is 1.14 bits per heavy atom. The Bertz CT molecular complexity index is 678. The van der Waals surface area contributed by atoms with Crippen LogP contribution in [0.4, 0.5) is 4.39 Å². The van der Waals surface area contributed by atoms with Crippen molar-refractivity contribution in [3.8, 4) is 0 Å². The molecule has 0 bridgehead atoms. The first kappa shape index (κ1) is 14.7. The van der Waals surface area contributed by atoms with E-state index < -0.39 is 11.7 Å². The Balaban J connectivity index is 1.97. The summed E-state index contributed by atoms with van der Waals surface area (Å²) >= 11 is 0. The number of amides is 1. The van der Waals surface area contributed by atoms with Crippen molar-refractivity contribution in [2.75, 3.05) is 0 Å². The van der Waals surface area contributed by atoms with E-state index in [0.717, 1.165) is 5.56 Å². The van der Waals surface area contributed by atoms with E-state index in [1.165, 1.54) is 24.3 Å². The van der Waals surface area contributed by atoms with E-state index >= 15 is 0 Å². The number of allylic oxidation sites excluding steroid dienone is 1. The summed E-state index contributed by atoms with van der Waals surface area (Å²) in [5.41, 5.74) is 4.32. The molecule has 0 atom stereocenters. The van der Waals surface area contributed by atoms with E-state index in [0.29, 0.717) is 5.71 Å². The first-order chi connectivity index (χ1) is 10.1. The molecular formula is C17H15FN2O. The van der Waals surface area contributed by atoms with Gasteiger partial charge in [-0.1, -0.05) is 42.5 Å². The van der Waals surface area contributed by atoms with E-state index in [2.05, 4.69) is 10.5 Å². The van der Waals surface area contributed by atoms with Crippen LogP contribution >= 0.6 is 0 Å². The van der Waals surface area contributed by atoms with Gasteiger partial charge < -0.3 is 0 Å². The number of hydrazone groups is 1. The van der Waals surface area contributed by atoms with Crippen LogP contribution in [0.5, 0.6) is 0 Å². The first-order valence-corrected chi connectivity index (χ1v) is 6.48. The average molecular weight is 282 g/mol. The molecule has 3 nitrogen and oxygen atoms in total. The van der Waals surface area contributed by atoms with Gasteiger partial charge in [-0.2, -0.15) is 5.10 Å². The van der Waals surface area contributed by atoms with Gasteiger partial charge in [0.25, 0.3) is 5.91 Å². The first-order valence-electron chi connectivity index (χ1n) is 6.48. The van der Waals surface area contributed by atoms with E-state index in [1.54, 1.807) is 13.0 Å². The maximum Gasteiger partial charge on any atom is 0.271 e. The van der Waals surface area contributed by atoms with Crippen LogP contribution in [0.25, 0.3) is 6.08 Å². The summed E-state index contributed by atoms with van der Waals surface area (Å²) in [7, 11) is 0. The summed E-state index contributed by atoms with van der Waals surface area (Å²) in [6.45, 7) is 1.77. The van der Waals surface area contributed by atoms with Crippen molar-refractivity contribution in [3.63, 3.8) is 0 Å².